The molecule has 0 atom stereocenters. The van der Waals surface area contributed by atoms with Gasteiger partial charge in [-0.2, -0.15) is 0 Å². The van der Waals surface area contributed by atoms with E-state index in [2.05, 4.69) is 9.46 Å². The van der Waals surface area contributed by atoms with Crippen molar-refractivity contribution >= 4 is 21.7 Å². The quantitative estimate of drug-likeness (QED) is 0.881. The average molecular weight is 305 g/mol. The number of hydrogen-bond donors (Lipinski definition) is 1. The Morgan fingerprint density at radius 3 is 2.33 bits per heavy atom. The molecule has 0 radical (unpaired) electrons. The van der Waals surface area contributed by atoms with E-state index in [1.807, 2.05) is 0 Å². The largest absolute Gasteiger partial charge is 0.465 e. The summed E-state index contributed by atoms with van der Waals surface area (Å²) in [6.07, 6.45) is 0. The molecule has 0 heterocycles. The molecule has 2 aromatic carbocycles. The summed E-state index contributed by atoms with van der Waals surface area (Å²) in [5.74, 6) is -0.462. The molecule has 0 saturated carbocycles. The standard InChI is InChI=1S/C15H15NO4S/c1-11-10-12(15(17)20-2)8-9-14(11)16-21(18,19)13-6-4-3-5-7-13/h3-10,16H,1-2H3. The van der Waals surface area contributed by atoms with Crippen LogP contribution in [0.1, 0.15) is 15.9 Å². The predicted molar refractivity (Wildman–Crippen MR) is 79.8 cm³/mol. The van der Waals surface area contributed by atoms with Gasteiger partial charge < -0.3 is 4.74 Å². The number of nitrogens with one attached hydrogen (secondary N) is 1. The molecule has 1 N–H and O–H groups in total. The van der Waals surface area contributed by atoms with Gasteiger partial charge in [0.05, 0.1) is 23.3 Å². The summed E-state index contributed by atoms with van der Waals surface area (Å²) < 4.78 is 31.6. The third-order valence-corrected chi connectivity index (χ3v) is 4.33. The van der Waals surface area contributed by atoms with E-state index in [1.165, 1.54) is 25.3 Å². The van der Waals surface area contributed by atoms with Crippen molar-refractivity contribution in [1.29, 1.82) is 0 Å². The maximum atomic E-state index is 12.2. The molecule has 0 fully saturated rings. The number of carbonyl (C=O) groups is 1. The van der Waals surface area contributed by atoms with Gasteiger partial charge in [-0.15, -0.1) is 0 Å². The second-order valence-corrected chi connectivity index (χ2v) is 6.12. The molecule has 21 heavy (non-hydrogen) atoms. The summed E-state index contributed by atoms with van der Waals surface area (Å²) in [6.45, 7) is 1.72. The number of hydrogen-bond acceptors (Lipinski definition) is 4. The van der Waals surface area contributed by atoms with E-state index in [4.69, 9.17) is 0 Å². The summed E-state index contributed by atoms with van der Waals surface area (Å²) in [5, 5.41) is 0. The molecule has 0 unspecified atom stereocenters. The van der Waals surface area contributed by atoms with E-state index in [9.17, 15) is 13.2 Å². The highest BCUT2D eigenvalue weighted by Gasteiger charge is 2.15. The summed E-state index contributed by atoms with van der Waals surface area (Å²) in [5.41, 5.74) is 1.43. The second kappa shape index (κ2) is 5.97. The molecule has 0 aliphatic rings. The molecular formula is C15H15NO4S. The molecule has 0 amide bonds. The van der Waals surface area contributed by atoms with Crippen LogP contribution in [0.4, 0.5) is 5.69 Å². The third-order valence-electron chi connectivity index (χ3n) is 2.95. The Morgan fingerprint density at radius 1 is 1.10 bits per heavy atom. The fourth-order valence-corrected chi connectivity index (χ4v) is 2.98. The molecule has 110 valence electrons. The van der Waals surface area contributed by atoms with Gasteiger partial charge in [-0.3, -0.25) is 4.72 Å². The lowest BCUT2D eigenvalue weighted by atomic mass is 10.1. The van der Waals surface area contributed by atoms with Crippen molar-refractivity contribution in [2.24, 2.45) is 0 Å². The smallest absolute Gasteiger partial charge is 0.337 e. The van der Waals surface area contributed by atoms with Crippen LogP contribution in [0.5, 0.6) is 0 Å². The minimum absolute atomic E-state index is 0.182. The van der Waals surface area contributed by atoms with Crippen molar-refractivity contribution in [2.75, 3.05) is 11.8 Å². The Bertz CT molecular complexity index is 754. The molecule has 2 rings (SSSR count). The number of methoxy groups -OCH3 is 1. The molecule has 6 heteroatoms. The van der Waals surface area contributed by atoms with Crippen LogP contribution in [0, 0.1) is 6.92 Å². The molecule has 0 aliphatic carbocycles. The maximum absolute atomic E-state index is 12.2. The van der Waals surface area contributed by atoms with Gasteiger partial charge in [0, 0.05) is 0 Å². The van der Waals surface area contributed by atoms with Crippen LogP contribution in [-0.2, 0) is 14.8 Å². The predicted octanol–water partition coefficient (Wildman–Crippen LogP) is 2.58. The number of anilines is 1. The normalized spacial score (nSPS) is 11.0. The van der Waals surface area contributed by atoms with Crippen molar-refractivity contribution in [3.63, 3.8) is 0 Å². The van der Waals surface area contributed by atoms with Gasteiger partial charge in [-0.1, -0.05) is 18.2 Å². The third kappa shape index (κ3) is 3.41. The molecule has 2 aromatic rings. The van der Waals surface area contributed by atoms with Gasteiger partial charge in [0.15, 0.2) is 0 Å². The van der Waals surface area contributed by atoms with Crippen LogP contribution in [-0.4, -0.2) is 21.5 Å². The Balaban J connectivity index is 2.30. The SMILES string of the molecule is COC(=O)c1ccc(NS(=O)(=O)c2ccccc2)c(C)c1. The number of sulfonamides is 1. The maximum Gasteiger partial charge on any atom is 0.337 e. The lowest BCUT2D eigenvalue weighted by molar-refractivity contribution is 0.0600. The van der Waals surface area contributed by atoms with Crippen LogP contribution >= 0.6 is 0 Å². The fraction of sp³-hybridized carbons (Fsp3) is 0.133. The minimum Gasteiger partial charge on any atom is -0.465 e. The summed E-state index contributed by atoms with van der Waals surface area (Å²) in [4.78, 5) is 11.6. The number of aryl methyl sites for hydroxylation is 1. The zero-order valence-corrected chi connectivity index (χ0v) is 12.5. The fourth-order valence-electron chi connectivity index (χ4n) is 1.83. The van der Waals surface area contributed by atoms with Crippen LogP contribution in [0.2, 0.25) is 0 Å². The first-order chi connectivity index (χ1) is 9.94. The zero-order valence-electron chi connectivity index (χ0n) is 11.7. The number of esters is 1. The number of ether oxygens (including phenoxy) is 1. The number of benzene rings is 2. The van der Waals surface area contributed by atoms with E-state index in [1.54, 1.807) is 37.3 Å². The highest BCUT2D eigenvalue weighted by molar-refractivity contribution is 7.92. The van der Waals surface area contributed by atoms with Crippen LogP contribution in [0.15, 0.2) is 53.4 Å². The van der Waals surface area contributed by atoms with E-state index < -0.39 is 16.0 Å². The van der Waals surface area contributed by atoms with Gasteiger partial charge in [-0.25, -0.2) is 13.2 Å². The Hall–Kier alpha value is -2.34. The van der Waals surface area contributed by atoms with Gasteiger partial charge in [-0.05, 0) is 42.8 Å². The summed E-state index contributed by atoms with van der Waals surface area (Å²) >= 11 is 0. The van der Waals surface area contributed by atoms with E-state index in [0.29, 0.717) is 16.8 Å². The van der Waals surface area contributed by atoms with Gasteiger partial charge in [0.1, 0.15) is 0 Å². The first-order valence-electron chi connectivity index (χ1n) is 6.21. The van der Waals surface area contributed by atoms with Gasteiger partial charge in [0.25, 0.3) is 10.0 Å². The molecule has 0 saturated heterocycles. The van der Waals surface area contributed by atoms with Crippen LogP contribution < -0.4 is 4.72 Å². The van der Waals surface area contributed by atoms with E-state index >= 15 is 0 Å². The topological polar surface area (TPSA) is 72.5 Å². The van der Waals surface area contributed by atoms with Crippen molar-refractivity contribution < 1.29 is 17.9 Å². The average Bonchev–Trinajstić information content (AvgIpc) is 2.49. The Labute approximate surface area is 123 Å². The lowest BCUT2D eigenvalue weighted by Gasteiger charge is -2.11. The first-order valence-corrected chi connectivity index (χ1v) is 7.69. The highest BCUT2D eigenvalue weighted by atomic mass is 32.2. The molecular weight excluding hydrogens is 290 g/mol. The lowest BCUT2D eigenvalue weighted by Crippen LogP contribution is -2.14. The minimum atomic E-state index is -3.64. The molecule has 0 bridgehead atoms. The van der Waals surface area contributed by atoms with Gasteiger partial charge >= 0.3 is 5.97 Å². The zero-order chi connectivity index (χ0) is 15.5. The molecule has 0 aliphatic heterocycles. The molecule has 5 nitrogen and oxygen atoms in total. The van der Waals surface area contributed by atoms with Crippen molar-refractivity contribution in [3.05, 3.63) is 59.7 Å². The Kier molecular flexibility index (Phi) is 4.28. The summed E-state index contributed by atoms with van der Waals surface area (Å²) in [7, 11) is -2.35. The second-order valence-electron chi connectivity index (χ2n) is 4.44. The summed E-state index contributed by atoms with van der Waals surface area (Å²) in [6, 6.07) is 12.7. The monoisotopic (exact) mass is 305 g/mol. The van der Waals surface area contributed by atoms with E-state index in [0.717, 1.165) is 0 Å². The van der Waals surface area contributed by atoms with E-state index in [-0.39, 0.29) is 4.90 Å². The molecule has 0 aromatic heterocycles. The van der Waals surface area contributed by atoms with Crippen LogP contribution in [0.3, 0.4) is 0 Å². The van der Waals surface area contributed by atoms with Crippen LogP contribution in [0.25, 0.3) is 0 Å². The number of rotatable bonds is 4. The number of carbonyl (C=O) groups excluding carboxylic acids is 1. The molecule has 0 spiro atoms. The van der Waals surface area contributed by atoms with Gasteiger partial charge in [0.2, 0.25) is 0 Å². The first kappa shape index (κ1) is 15.1. The highest BCUT2D eigenvalue weighted by Crippen LogP contribution is 2.21. The Morgan fingerprint density at radius 2 is 1.76 bits per heavy atom. The van der Waals surface area contributed by atoms with Crippen molar-refractivity contribution in [2.45, 2.75) is 11.8 Å². The van der Waals surface area contributed by atoms with Crippen molar-refractivity contribution in [1.82, 2.24) is 0 Å². The van der Waals surface area contributed by atoms with Crippen molar-refractivity contribution in [3.8, 4) is 0 Å².